The molecule has 0 radical (unpaired) electrons. The van der Waals surface area contributed by atoms with E-state index in [9.17, 15) is 4.79 Å². The van der Waals surface area contributed by atoms with Crippen LogP contribution in [0.15, 0.2) is 40.9 Å². The van der Waals surface area contributed by atoms with E-state index in [1.807, 2.05) is 31.2 Å². The zero-order valence-corrected chi connectivity index (χ0v) is 13.1. The summed E-state index contributed by atoms with van der Waals surface area (Å²) < 4.78 is 0.961. The second kappa shape index (κ2) is 6.09. The van der Waals surface area contributed by atoms with Crippen molar-refractivity contribution in [3.8, 4) is 0 Å². The number of nitrogens with two attached hydrogens (primary N) is 1. The van der Waals surface area contributed by atoms with E-state index in [2.05, 4.69) is 28.2 Å². The number of rotatable bonds is 3. The van der Waals surface area contributed by atoms with Crippen LogP contribution in [-0.2, 0) is 6.42 Å². The summed E-state index contributed by atoms with van der Waals surface area (Å²) in [4.78, 5) is 12.2. The molecule has 0 spiro atoms. The van der Waals surface area contributed by atoms with Gasteiger partial charge in [-0.3, -0.25) is 4.79 Å². The van der Waals surface area contributed by atoms with Gasteiger partial charge in [-0.2, -0.15) is 0 Å². The van der Waals surface area contributed by atoms with Crippen LogP contribution in [0.25, 0.3) is 0 Å². The number of carbonyl (C=O) groups excluding carboxylic acids is 1. The third-order valence-corrected chi connectivity index (χ3v) is 3.71. The molecular weight excluding hydrogens is 316 g/mol. The van der Waals surface area contributed by atoms with E-state index in [-0.39, 0.29) is 5.91 Å². The molecule has 2 aromatic carbocycles. The van der Waals surface area contributed by atoms with Crippen molar-refractivity contribution in [3.05, 3.63) is 57.6 Å². The highest BCUT2D eigenvalue weighted by atomic mass is 79.9. The molecule has 0 aromatic heterocycles. The molecule has 1 amide bonds. The van der Waals surface area contributed by atoms with Gasteiger partial charge in [0.05, 0.1) is 0 Å². The lowest BCUT2D eigenvalue weighted by atomic mass is 10.1. The maximum atomic E-state index is 12.2. The third-order valence-electron chi connectivity index (χ3n) is 3.22. The van der Waals surface area contributed by atoms with Crippen LogP contribution < -0.4 is 11.1 Å². The lowest BCUT2D eigenvalue weighted by Gasteiger charge is -2.10. The second-order valence-corrected chi connectivity index (χ2v) is 5.60. The van der Waals surface area contributed by atoms with Gasteiger partial charge in [-0.15, -0.1) is 0 Å². The Morgan fingerprint density at radius 2 is 2.00 bits per heavy atom. The Hall–Kier alpha value is -1.81. The highest BCUT2D eigenvalue weighted by Gasteiger charge is 2.10. The maximum Gasteiger partial charge on any atom is 0.255 e. The molecule has 0 fully saturated rings. The standard InChI is InChI=1S/C16H17BrN2O/c1-3-11-4-6-13(9-15(11)18)19-16(20)14-7-5-12(17)8-10(14)2/h4-9H,3,18H2,1-2H3,(H,19,20). The van der Waals surface area contributed by atoms with E-state index in [0.29, 0.717) is 16.9 Å². The van der Waals surface area contributed by atoms with Gasteiger partial charge in [-0.05, 0) is 54.8 Å². The highest BCUT2D eigenvalue weighted by Crippen LogP contribution is 2.21. The number of carbonyl (C=O) groups is 1. The molecule has 0 aliphatic carbocycles. The number of amides is 1. The number of nitrogens with one attached hydrogen (secondary N) is 1. The van der Waals surface area contributed by atoms with E-state index in [1.54, 1.807) is 12.1 Å². The van der Waals surface area contributed by atoms with Gasteiger partial charge in [0.2, 0.25) is 0 Å². The molecule has 0 bridgehead atoms. The molecule has 2 rings (SSSR count). The Morgan fingerprint density at radius 1 is 1.25 bits per heavy atom. The van der Waals surface area contributed by atoms with Crippen LogP contribution in [0.4, 0.5) is 11.4 Å². The molecule has 0 saturated heterocycles. The quantitative estimate of drug-likeness (QED) is 0.829. The fourth-order valence-electron chi connectivity index (χ4n) is 2.07. The molecule has 4 heteroatoms. The zero-order chi connectivity index (χ0) is 14.7. The minimum atomic E-state index is -0.126. The first-order chi connectivity index (χ1) is 9.51. The van der Waals surface area contributed by atoms with Crippen LogP contribution in [0.3, 0.4) is 0 Å². The minimum Gasteiger partial charge on any atom is -0.398 e. The van der Waals surface area contributed by atoms with Crippen molar-refractivity contribution in [1.29, 1.82) is 0 Å². The van der Waals surface area contributed by atoms with Crippen molar-refractivity contribution in [2.24, 2.45) is 0 Å². The normalized spacial score (nSPS) is 10.3. The summed E-state index contributed by atoms with van der Waals surface area (Å²) >= 11 is 3.39. The number of hydrogen-bond acceptors (Lipinski definition) is 2. The Labute approximate surface area is 127 Å². The van der Waals surface area contributed by atoms with E-state index < -0.39 is 0 Å². The first-order valence-electron chi connectivity index (χ1n) is 6.47. The summed E-state index contributed by atoms with van der Waals surface area (Å²) in [5.41, 5.74) is 10.0. The summed E-state index contributed by atoms with van der Waals surface area (Å²) in [5.74, 6) is -0.126. The third kappa shape index (κ3) is 3.20. The van der Waals surface area contributed by atoms with Crippen LogP contribution in [0.5, 0.6) is 0 Å². The first kappa shape index (κ1) is 14.6. The van der Waals surface area contributed by atoms with Gasteiger partial charge in [0.1, 0.15) is 0 Å². The van der Waals surface area contributed by atoms with Crippen molar-refractivity contribution in [1.82, 2.24) is 0 Å². The minimum absolute atomic E-state index is 0.126. The Bertz CT molecular complexity index is 653. The van der Waals surface area contributed by atoms with Crippen LogP contribution in [0.1, 0.15) is 28.4 Å². The molecule has 104 valence electrons. The van der Waals surface area contributed by atoms with Crippen LogP contribution in [0, 0.1) is 6.92 Å². The molecular formula is C16H17BrN2O. The average Bonchev–Trinajstić information content (AvgIpc) is 2.38. The molecule has 3 N–H and O–H groups in total. The average molecular weight is 333 g/mol. The number of anilines is 2. The predicted octanol–water partition coefficient (Wildman–Crippen LogP) is 4.15. The molecule has 0 saturated carbocycles. The van der Waals surface area contributed by atoms with Crippen molar-refractivity contribution in [2.45, 2.75) is 20.3 Å². The molecule has 0 aliphatic heterocycles. The van der Waals surface area contributed by atoms with E-state index in [1.165, 1.54) is 0 Å². The van der Waals surface area contributed by atoms with Gasteiger partial charge in [0.25, 0.3) is 5.91 Å². The Kier molecular flexibility index (Phi) is 4.45. The van der Waals surface area contributed by atoms with Crippen molar-refractivity contribution >= 4 is 33.2 Å². The topological polar surface area (TPSA) is 55.1 Å². The highest BCUT2D eigenvalue weighted by molar-refractivity contribution is 9.10. The molecule has 20 heavy (non-hydrogen) atoms. The number of nitrogen functional groups attached to an aromatic ring is 1. The summed E-state index contributed by atoms with van der Waals surface area (Å²) in [6.07, 6.45) is 0.881. The van der Waals surface area contributed by atoms with E-state index in [4.69, 9.17) is 5.73 Å². The van der Waals surface area contributed by atoms with Crippen molar-refractivity contribution < 1.29 is 4.79 Å². The van der Waals surface area contributed by atoms with Crippen LogP contribution in [0.2, 0.25) is 0 Å². The van der Waals surface area contributed by atoms with Gasteiger partial charge in [0, 0.05) is 21.4 Å². The van der Waals surface area contributed by atoms with E-state index >= 15 is 0 Å². The van der Waals surface area contributed by atoms with E-state index in [0.717, 1.165) is 22.0 Å². The number of benzene rings is 2. The first-order valence-corrected chi connectivity index (χ1v) is 7.26. The molecule has 3 nitrogen and oxygen atoms in total. The molecule has 2 aromatic rings. The van der Waals surface area contributed by atoms with Gasteiger partial charge < -0.3 is 11.1 Å². The summed E-state index contributed by atoms with van der Waals surface area (Å²) in [6.45, 7) is 3.96. The number of halogens is 1. The van der Waals surface area contributed by atoms with Crippen LogP contribution in [-0.4, -0.2) is 5.91 Å². The van der Waals surface area contributed by atoms with Gasteiger partial charge in [-0.1, -0.05) is 28.9 Å². The second-order valence-electron chi connectivity index (χ2n) is 4.68. The summed E-state index contributed by atoms with van der Waals surface area (Å²) in [7, 11) is 0. The fourth-order valence-corrected chi connectivity index (χ4v) is 2.55. The monoisotopic (exact) mass is 332 g/mol. The zero-order valence-electron chi connectivity index (χ0n) is 11.5. The number of aryl methyl sites for hydroxylation is 2. The van der Waals surface area contributed by atoms with Crippen LogP contribution >= 0.6 is 15.9 Å². The number of hydrogen-bond donors (Lipinski definition) is 2. The lowest BCUT2D eigenvalue weighted by Crippen LogP contribution is -2.13. The van der Waals surface area contributed by atoms with Crippen molar-refractivity contribution in [2.75, 3.05) is 11.1 Å². The Morgan fingerprint density at radius 3 is 2.60 bits per heavy atom. The maximum absolute atomic E-state index is 12.2. The molecule has 0 atom stereocenters. The van der Waals surface area contributed by atoms with Gasteiger partial charge >= 0.3 is 0 Å². The largest absolute Gasteiger partial charge is 0.398 e. The molecule has 0 unspecified atom stereocenters. The summed E-state index contributed by atoms with van der Waals surface area (Å²) in [6, 6.07) is 11.2. The van der Waals surface area contributed by atoms with Gasteiger partial charge in [0.15, 0.2) is 0 Å². The SMILES string of the molecule is CCc1ccc(NC(=O)c2ccc(Br)cc2C)cc1N. The smallest absolute Gasteiger partial charge is 0.255 e. The van der Waals surface area contributed by atoms with Crippen molar-refractivity contribution in [3.63, 3.8) is 0 Å². The molecule has 0 heterocycles. The predicted molar refractivity (Wildman–Crippen MR) is 87.1 cm³/mol. The fraction of sp³-hybridized carbons (Fsp3) is 0.188. The molecule has 0 aliphatic rings. The Balaban J connectivity index is 2.21. The van der Waals surface area contributed by atoms with Gasteiger partial charge in [-0.25, -0.2) is 0 Å². The summed E-state index contributed by atoms with van der Waals surface area (Å²) in [5, 5.41) is 2.88. The lowest BCUT2D eigenvalue weighted by molar-refractivity contribution is 0.102.